The number of aliphatic hydroxyl groups is 2. The Morgan fingerprint density at radius 1 is 0.422 bits per heavy atom. The first-order chi connectivity index (χ1) is 31.1. The molecule has 0 rings (SSSR count). The monoisotopic (exact) mass is 947 g/mol. The second-order valence-corrected chi connectivity index (χ2v) is 19.6. The smallest absolute Gasteiger partial charge is 0.306 e. The first kappa shape index (κ1) is 67.0. The van der Waals surface area contributed by atoms with Crippen LogP contribution in [0.2, 0.25) is 0 Å². The number of aliphatic hydroxyl groups excluding tert-OH is 2. The van der Waals surface area contributed by atoms with Crippen LogP contribution >= 0.6 is 23.5 Å². The summed E-state index contributed by atoms with van der Waals surface area (Å²) >= 11 is 3.09. The maximum Gasteiger partial charge on any atom is 0.306 e. The zero-order valence-electron chi connectivity index (χ0n) is 42.9. The fraction of sp³-hybridized carbons (Fsp3) is 0.925. The predicted molar refractivity (Wildman–Crippen MR) is 280 cm³/mol. The van der Waals surface area contributed by atoms with E-state index in [0.29, 0.717) is 30.8 Å². The summed E-state index contributed by atoms with van der Waals surface area (Å²) < 4.78 is 4.52. The van der Waals surface area contributed by atoms with Crippen LogP contribution in [0.3, 0.4) is 0 Å². The van der Waals surface area contributed by atoms with Gasteiger partial charge in [0.05, 0.1) is 25.7 Å². The number of amides is 2. The summed E-state index contributed by atoms with van der Waals surface area (Å²) in [7, 11) is 1.34. The van der Waals surface area contributed by atoms with Crippen molar-refractivity contribution in [3.8, 4) is 0 Å². The molecule has 0 aliphatic rings. The molecule has 0 fully saturated rings. The standard InChI is InChI=1S/C24H47NO2.C23H45NO3.C6H14O2S2/c1-3-5-6-7-8-9-10-11-12-13-14-15-16-17-18-19-22-25-24(27)21-20-23(26)4-2;1-3-4-5-6-7-8-9-10-11-12-13-14-15-16-17-18-21-24-22(25)19-20-23(26)27-2;1-9-3-5(7)6(8)4-10-2/h3-22H2,1-2H3,(H,25,27);3-21H2,1-2H3,(H,24,25);5-8H,3-4H2,1-2H3. The van der Waals surface area contributed by atoms with Crippen molar-refractivity contribution in [1.29, 1.82) is 0 Å². The molecule has 0 spiro atoms. The average Bonchev–Trinajstić information content (AvgIpc) is 3.29. The second-order valence-electron chi connectivity index (χ2n) is 17.8. The highest BCUT2D eigenvalue weighted by atomic mass is 32.2. The molecule has 0 radical (unpaired) electrons. The van der Waals surface area contributed by atoms with Gasteiger partial charge in [-0.25, -0.2) is 0 Å². The van der Waals surface area contributed by atoms with Crippen molar-refractivity contribution in [2.45, 2.75) is 271 Å². The van der Waals surface area contributed by atoms with Crippen LogP contribution in [0.5, 0.6) is 0 Å². The van der Waals surface area contributed by atoms with Gasteiger partial charge in [0.15, 0.2) is 0 Å². The minimum absolute atomic E-state index is 0.0257. The molecule has 382 valence electrons. The van der Waals surface area contributed by atoms with E-state index in [1.807, 2.05) is 19.4 Å². The van der Waals surface area contributed by atoms with Crippen LogP contribution in [0.4, 0.5) is 0 Å². The van der Waals surface area contributed by atoms with Gasteiger partial charge in [0.25, 0.3) is 0 Å². The number of thioether (sulfide) groups is 2. The van der Waals surface area contributed by atoms with Gasteiger partial charge in [-0.1, -0.05) is 213 Å². The number of ether oxygens (including phenoxy) is 1. The Kier molecular flexibility index (Phi) is 60.5. The molecule has 0 aliphatic carbocycles. The average molecular weight is 948 g/mol. The Morgan fingerprint density at radius 3 is 0.938 bits per heavy atom. The molecule has 11 heteroatoms. The van der Waals surface area contributed by atoms with Crippen LogP contribution in [0.25, 0.3) is 0 Å². The van der Waals surface area contributed by atoms with E-state index >= 15 is 0 Å². The van der Waals surface area contributed by atoms with Gasteiger partial charge in [0.2, 0.25) is 11.8 Å². The summed E-state index contributed by atoms with van der Waals surface area (Å²) in [5.74, 6) is 1.04. The van der Waals surface area contributed by atoms with E-state index in [-0.39, 0.29) is 36.4 Å². The van der Waals surface area contributed by atoms with E-state index in [1.165, 1.54) is 200 Å². The molecular formula is C53H106N2O7S2. The highest BCUT2D eigenvalue weighted by Gasteiger charge is 2.14. The lowest BCUT2D eigenvalue weighted by atomic mass is 10.0. The zero-order chi connectivity index (χ0) is 48.0. The summed E-state index contributed by atoms with van der Waals surface area (Å²) in [5, 5.41) is 24.1. The topological polar surface area (TPSA) is 142 Å². The fourth-order valence-electron chi connectivity index (χ4n) is 7.29. The number of ketones is 1. The van der Waals surface area contributed by atoms with E-state index in [9.17, 15) is 19.2 Å². The molecule has 0 aromatic carbocycles. The number of rotatable bonds is 46. The van der Waals surface area contributed by atoms with Gasteiger partial charge in [0.1, 0.15) is 5.78 Å². The zero-order valence-corrected chi connectivity index (χ0v) is 44.5. The van der Waals surface area contributed by atoms with E-state index in [4.69, 9.17) is 10.2 Å². The van der Waals surface area contributed by atoms with Crippen molar-refractivity contribution >= 4 is 47.1 Å². The molecule has 0 aromatic heterocycles. The summed E-state index contributed by atoms with van der Waals surface area (Å²) in [5.41, 5.74) is 0. The van der Waals surface area contributed by atoms with Gasteiger partial charge in [-0.2, -0.15) is 23.5 Å². The van der Waals surface area contributed by atoms with E-state index in [1.54, 1.807) is 23.5 Å². The molecule has 2 atom stereocenters. The quantitative estimate of drug-likeness (QED) is 0.0346. The molecule has 2 amide bonds. The number of carbonyl (C=O) groups excluding carboxylic acids is 4. The van der Waals surface area contributed by atoms with Gasteiger partial charge in [-0.05, 0) is 25.4 Å². The van der Waals surface area contributed by atoms with Crippen LogP contribution in [-0.2, 0) is 23.9 Å². The molecule has 4 N–H and O–H groups in total. The number of hydrogen-bond acceptors (Lipinski definition) is 9. The minimum atomic E-state index is -0.567. The Hall–Kier alpha value is -1.30. The third-order valence-corrected chi connectivity index (χ3v) is 13.0. The van der Waals surface area contributed by atoms with Crippen molar-refractivity contribution < 1.29 is 34.1 Å². The molecule has 2 unspecified atom stereocenters. The molecule has 0 aromatic rings. The lowest BCUT2D eigenvalue weighted by molar-refractivity contribution is -0.142. The Balaban J connectivity index is -0.000000959. The number of Topliss-reactive ketones (excluding diaryl/α,β-unsaturated/α-hetero) is 1. The number of unbranched alkanes of at least 4 members (excludes halogenated alkanes) is 30. The maximum absolute atomic E-state index is 11.6. The van der Waals surface area contributed by atoms with Crippen molar-refractivity contribution in [1.82, 2.24) is 10.6 Å². The molecule has 9 nitrogen and oxygen atoms in total. The van der Waals surface area contributed by atoms with Crippen molar-refractivity contribution in [2.75, 3.05) is 44.2 Å². The van der Waals surface area contributed by atoms with Crippen LogP contribution in [0.15, 0.2) is 0 Å². The normalized spacial score (nSPS) is 11.8. The third kappa shape index (κ3) is 58.7. The summed E-state index contributed by atoms with van der Waals surface area (Å²) in [6, 6.07) is 0. The van der Waals surface area contributed by atoms with E-state index in [2.05, 4.69) is 29.2 Å². The maximum atomic E-state index is 11.6. The van der Waals surface area contributed by atoms with E-state index in [0.717, 1.165) is 25.9 Å². The summed E-state index contributed by atoms with van der Waals surface area (Å²) in [6.45, 7) is 7.88. The minimum Gasteiger partial charge on any atom is -0.469 e. The largest absolute Gasteiger partial charge is 0.469 e. The van der Waals surface area contributed by atoms with Gasteiger partial charge in [0, 0.05) is 50.3 Å². The predicted octanol–water partition coefficient (Wildman–Crippen LogP) is 13.9. The molecule has 0 bridgehead atoms. The SMILES string of the molecule is CCCCCCCCCCCCCCCCCCNC(=O)CCC(=O)CC.CCCCCCCCCCCCCCCCCCNC(=O)CCC(=O)OC.CSCC(O)C(O)CSC. The molecule has 0 heterocycles. The first-order valence-corrected chi connectivity index (χ1v) is 29.4. The highest BCUT2D eigenvalue weighted by Crippen LogP contribution is 2.15. The highest BCUT2D eigenvalue weighted by molar-refractivity contribution is 7.98. The summed E-state index contributed by atoms with van der Waals surface area (Å²) in [6.07, 6.45) is 47.8. The lowest BCUT2D eigenvalue weighted by Crippen LogP contribution is -2.30. The Labute approximate surface area is 404 Å². The lowest BCUT2D eigenvalue weighted by Gasteiger charge is -2.14. The molecule has 0 aliphatic heterocycles. The molecule has 64 heavy (non-hydrogen) atoms. The summed E-state index contributed by atoms with van der Waals surface area (Å²) in [4.78, 5) is 45.2. The van der Waals surface area contributed by atoms with Crippen LogP contribution < -0.4 is 10.6 Å². The van der Waals surface area contributed by atoms with Gasteiger partial charge in [-0.15, -0.1) is 0 Å². The Bertz CT molecular complexity index is 914. The number of esters is 1. The fourth-order valence-corrected chi connectivity index (χ4v) is 8.42. The van der Waals surface area contributed by atoms with Gasteiger partial charge < -0.3 is 25.6 Å². The molecule has 0 saturated carbocycles. The van der Waals surface area contributed by atoms with E-state index < -0.39 is 12.2 Å². The number of methoxy groups -OCH3 is 1. The van der Waals surface area contributed by atoms with Crippen LogP contribution in [0.1, 0.15) is 258 Å². The number of hydrogen-bond donors (Lipinski definition) is 4. The van der Waals surface area contributed by atoms with Crippen molar-refractivity contribution in [2.24, 2.45) is 0 Å². The second kappa shape index (κ2) is 57.8. The number of nitrogens with one attached hydrogen (secondary N) is 2. The van der Waals surface area contributed by atoms with Crippen LogP contribution in [0, 0.1) is 0 Å². The van der Waals surface area contributed by atoms with Crippen molar-refractivity contribution in [3.05, 3.63) is 0 Å². The molecular weight excluding hydrogens is 841 g/mol. The molecule has 0 saturated heterocycles. The third-order valence-electron chi connectivity index (χ3n) is 11.6. The first-order valence-electron chi connectivity index (χ1n) is 26.6. The van der Waals surface area contributed by atoms with Crippen LogP contribution in [-0.4, -0.2) is 90.2 Å². The van der Waals surface area contributed by atoms with Crippen molar-refractivity contribution in [3.63, 3.8) is 0 Å². The Morgan fingerprint density at radius 2 is 0.688 bits per heavy atom. The van der Waals surface area contributed by atoms with Gasteiger partial charge in [-0.3, -0.25) is 19.2 Å². The number of carbonyl (C=O) groups is 4. The van der Waals surface area contributed by atoms with Gasteiger partial charge >= 0.3 is 5.97 Å².